The molecule has 1 aromatic heterocycles. The maximum Gasteiger partial charge on any atom is 0.435 e. The number of carbonyl (C=O) groups excluding carboxylic acids is 1. The summed E-state index contributed by atoms with van der Waals surface area (Å²) in [6.07, 6.45) is 0.0632. The molecule has 1 unspecified atom stereocenters. The SMILES string of the molecule is O=C(On1c(O)ccc1O)N1CCc2ccccc2C1c1ccccc1. The van der Waals surface area contributed by atoms with Crippen molar-refractivity contribution in [2.75, 3.05) is 6.54 Å². The molecule has 0 saturated heterocycles. The number of aromatic hydroxyl groups is 2. The molecule has 2 N–H and O–H groups in total. The zero-order chi connectivity index (χ0) is 18.1. The summed E-state index contributed by atoms with van der Waals surface area (Å²) in [4.78, 5) is 19.7. The third-order valence-electron chi connectivity index (χ3n) is 4.60. The standard InChI is InChI=1S/C20H18N2O4/c23-17-10-11-18(24)22(17)26-20(25)21-13-12-14-6-4-5-9-16(14)19(21)15-7-2-1-3-8-15/h1-11,19,23-24H,12-13H2. The van der Waals surface area contributed by atoms with Gasteiger partial charge in [0.1, 0.15) is 0 Å². The van der Waals surface area contributed by atoms with Gasteiger partial charge in [0, 0.05) is 18.7 Å². The third kappa shape index (κ3) is 2.75. The summed E-state index contributed by atoms with van der Waals surface area (Å²) >= 11 is 0. The highest BCUT2D eigenvalue weighted by Gasteiger charge is 2.33. The Morgan fingerprint density at radius 2 is 1.58 bits per heavy atom. The topological polar surface area (TPSA) is 74.9 Å². The van der Waals surface area contributed by atoms with Gasteiger partial charge in [0.05, 0.1) is 6.04 Å². The maximum atomic E-state index is 12.8. The maximum absolute atomic E-state index is 12.8. The minimum absolute atomic E-state index is 0.298. The van der Waals surface area contributed by atoms with Crippen LogP contribution < -0.4 is 4.84 Å². The van der Waals surface area contributed by atoms with Crippen LogP contribution in [0.4, 0.5) is 4.79 Å². The van der Waals surface area contributed by atoms with Crippen molar-refractivity contribution in [3.8, 4) is 11.8 Å². The minimum atomic E-state index is -0.643. The highest BCUT2D eigenvalue weighted by atomic mass is 16.7. The average Bonchev–Trinajstić information content (AvgIpc) is 2.99. The highest BCUT2D eigenvalue weighted by molar-refractivity contribution is 5.70. The van der Waals surface area contributed by atoms with E-state index in [1.54, 1.807) is 4.90 Å². The number of fused-ring (bicyclic) bond motifs is 1. The lowest BCUT2D eigenvalue weighted by atomic mass is 9.88. The first kappa shape index (κ1) is 16.1. The molecular formula is C20H18N2O4. The van der Waals surface area contributed by atoms with Gasteiger partial charge in [-0.15, -0.1) is 4.73 Å². The van der Waals surface area contributed by atoms with Crippen LogP contribution >= 0.6 is 0 Å². The summed E-state index contributed by atoms with van der Waals surface area (Å²) in [5.74, 6) is -0.686. The lowest BCUT2D eigenvalue weighted by Gasteiger charge is -2.36. The zero-order valence-corrected chi connectivity index (χ0v) is 13.9. The Labute approximate surface area is 150 Å². The molecule has 0 fully saturated rings. The summed E-state index contributed by atoms with van der Waals surface area (Å²) in [7, 11) is 0. The fourth-order valence-corrected chi connectivity index (χ4v) is 3.38. The van der Waals surface area contributed by atoms with Crippen molar-refractivity contribution in [3.63, 3.8) is 0 Å². The number of benzene rings is 2. The second-order valence-electron chi connectivity index (χ2n) is 6.16. The monoisotopic (exact) mass is 350 g/mol. The van der Waals surface area contributed by atoms with E-state index >= 15 is 0 Å². The molecule has 0 bridgehead atoms. The van der Waals surface area contributed by atoms with Gasteiger partial charge >= 0.3 is 6.09 Å². The fourth-order valence-electron chi connectivity index (χ4n) is 3.38. The van der Waals surface area contributed by atoms with Gasteiger partial charge in [-0.05, 0) is 23.1 Å². The number of nitrogens with zero attached hydrogens (tertiary/aromatic N) is 2. The number of hydrogen-bond donors (Lipinski definition) is 2. The van der Waals surface area contributed by atoms with Gasteiger partial charge in [0.25, 0.3) is 0 Å². The molecule has 1 aliphatic rings. The molecule has 0 radical (unpaired) electrons. The van der Waals surface area contributed by atoms with Crippen LogP contribution in [0.2, 0.25) is 0 Å². The lowest BCUT2D eigenvalue weighted by Crippen LogP contribution is -2.44. The molecule has 6 nitrogen and oxygen atoms in total. The van der Waals surface area contributed by atoms with E-state index in [0.29, 0.717) is 17.7 Å². The fraction of sp³-hybridized carbons (Fsp3) is 0.150. The molecule has 2 heterocycles. The molecule has 1 amide bonds. The second kappa shape index (κ2) is 6.48. The van der Waals surface area contributed by atoms with E-state index in [4.69, 9.17) is 4.84 Å². The molecule has 0 aliphatic carbocycles. The van der Waals surface area contributed by atoms with Crippen molar-refractivity contribution >= 4 is 6.09 Å². The predicted octanol–water partition coefficient (Wildman–Crippen LogP) is 3.10. The molecule has 3 aromatic rings. The van der Waals surface area contributed by atoms with E-state index in [1.807, 2.05) is 48.5 Å². The first-order chi connectivity index (χ1) is 12.6. The van der Waals surface area contributed by atoms with Crippen molar-refractivity contribution in [2.45, 2.75) is 12.5 Å². The Hall–Kier alpha value is -3.41. The predicted molar refractivity (Wildman–Crippen MR) is 94.9 cm³/mol. The summed E-state index contributed by atoms with van der Waals surface area (Å²) in [5, 5.41) is 19.5. The van der Waals surface area contributed by atoms with Crippen LogP contribution in [0.15, 0.2) is 66.7 Å². The molecule has 2 aromatic carbocycles. The molecule has 1 aliphatic heterocycles. The van der Waals surface area contributed by atoms with Gasteiger partial charge in [0.15, 0.2) is 0 Å². The van der Waals surface area contributed by atoms with E-state index in [-0.39, 0.29) is 17.8 Å². The summed E-state index contributed by atoms with van der Waals surface area (Å²) in [5.41, 5.74) is 3.21. The summed E-state index contributed by atoms with van der Waals surface area (Å²) in [6.45, 7) is 0.470. The van der Waals surface area contributed by atoms with Gasteiger partial charge in [-0.25, -0.2) is 4.79 Å². The first-order valence-electron chi connectivity index (χ1n) is 8.36. The van der Waals surface area contributed by atoms with Crippen molar-refractivity contribution in [1.82, 2.24) is 9.63 Å². The molecule has 132 valence electrons. The summed E-state index contributed by atoms with van der Waals surface area (Å²) in [6, 6.07) is 20.0. The van der Waals surface area contributed by atoms with Crippen LogP contribution in [0.25, 0.3) is 0 Å². The normalized spacial score (nSPS) is 16.2. The van der Waals surface area contributed by atoms with Crippen LogP contribution in [0.1, 0.15) is 22.7 Å². The number of amides is 1. The Balaban J connectivity index is 1.71. The number of hydrogen-bond acceptors (Lipinski definition) is 4. The number of aromatic nitrogens is 1. The number of rotatable bonds is 2. The van der Waals surface area contributed by atoms with E-state index in [2.05, 4.69) is 6.07 Å². The van der Waals surface area contributed by atoms with Gasteiger partial charge < -0.3 is 15.1 Å². The molecular weight excluding hydrogens is 332 g/mol. The Bertz CT molecular complexity index is 916. The molecule has 0 saturated carbocycles. The lowest BCUT2D eigenvalue weighted by molar-refractivity contribution is 0.0647. The Kier molecular flexibility index (Phi) is 4.01. The van der Waals surface area contributed by atoms with Crippen molar-refractivity contribution in [2.24, 2.45) is 0 Å². The van der Waals surface area contributed by atoms with E-state index in [1.165, 1.54) is 17.7 Å². The molecule has 4 rings (SSSR count). The average molecular weight is 350 g/mol. The minimum Gasteiger partial charge on any atom is -0.492 e. The van der Waals surface area contributed by atoms with Crippen molar-refractivity contribution < 1.29 is 19.8 Å². The smallest absolute Gasteiger partial charge is 0.435 e. The third-order valence-corrected chi connectivity index (χ3v) is 4.60. The Morgan fingerprint density at radius 3 is 2.31 bits per heavy atom. The molecule has 0 spiro atoms. The summed E-state index contributed by atoms with van der Waals surface area (Å²) < 4.78 is 0.713. The molecule has 26 heavy (non-hydrogen) atoms. The van der Waals surface area contributed by atoms with Crippen LogP contribution in [-0.2, 0) is 6.42 Å². The van der Waals surface area contributed by atoms with Crippen molar-refractivity contribution in [3.05, 3.63) is 83.4 Å². The second-order valence-corrected chi connectivity index (χ2v) is 6.16. The van der Waals surface area contributed by atoms with Crippen LogP contribution in [-0.4, -0.2) is 32.5 Å². The van der Waals surface area contributed by atoms with Crippen molar-refractivity contribution in [1.29, 1.82) is 0 Å². The van der Waals surface area contributed by atoms with Crippen LogP contribution in [0, 0.1) is 0 Å². The van der Waals surface area contributed by atoms with Gasteiger partial charge in [0.2, 0.25) is 11.8 Å². The highest BCUT2D eigenvalue weighted by Crippen LogP contribution is 2.35. The van der Waals surface area contributed by atoms with Crippen LogP contribution in [0.3, 0.4) is 0 Å². The first-order valence-corrected chi connectivity index (χ1v) is 8.36. The molecule has 6 heteroatoms. The molecule has 1 atom stereocenters. The number of carbonyl (C=O) groups is 1. The van der Waals surface area contributed by atoms with Crippen LogP contribution in [0.5, 0.6) is 11.8 Å². The van der Waals surface area contributed by atoms with Gasteiger partial charge in [-0.3, -0.25) is 4.90 Å². The Morgan fingerprint density at radius 1 is 0.923 bits per heavy atom. The van der Waals surface area contributed by atoms with E-state index in [9.17, 15) is 15.0 Å². The van der Waals surface area contributed by atoms with E-state index in [0.717, 1.165) is 11.1 Å². The van der Waals surface area contributed by atoms with Gasteiger partial charge in [-0.1, -0.05) is 54.6 Å². The van der Waals surface area contributed by atoms with Gasteiger partial charge in [-0.2, -0.15) is 0 Å². The van der Waals surface area contributed by atoms with E-state index < -0.39 is 6.09 Å². The zero-order valence-electron chi connectivity index (χ0n) is 13.9. The quantitative estimate of drug-likeness (QED) is 0.745. The largest absolute Gasteiger partial charge is 0.492 e.